The summed E-state index contributed by atoms with van der Waals surface area (Å²) in [5, 5.41) is 20.6. The van der Waals surface area contributed by atoms with Gasteiger partial charge in [-0.25, -0.2) is 4.39 Å². The highest BCUT2D eigenvalue weighted by molar-refractivity contribution is 8.18. The maximum absolute atomic E-state index is 13.1. The van der Waals surface area contributed by atoms with Crippen molar-refractivity contribution in [3.8, 4) is 0 Å². The molecular formula is C24H18BFN2O5S. The summed E-state index contributed by atoms with van der Waals surface area (Å²) in [5.74, 6) is -1.18. The van der Waals surface area contributed by atoms with E-state index in [0.29, 0.717) is 27.8 Å². The van der Waals surface area contributed by atoms with Crippen molar-refractivity contribution in [2.45, 2.75) is 6.54 Å². The minimum Gasteiger partial charge on any atom is -0.423 e. The number of nitrogens with zero attached hydrogens (tertiary/aromatic N) is 1. The van der Waals surface area contributed by atoms with Gasteiger partial charge in [0.15, 0.2) is 0 Å². The number of nitrogens with one attached hydrogen (secondary N) is 1. The van der Waals surface area contributed by atoms with Crippen LogP contribution in [0.1, 0.15) is 21.5 Å². The van der Waals surface area contributed by atoms with Gasteiger partial charge in [-0.15, -0.1) is 0 Å². The zero-order valence-corrected chi connectivity index (χ0v) is 18.5. The van der Waals surface area contributed by atoms with Crippen molar-refractivity contribution in [2.75, 3.05) is 5.32 Å². The van der Waals surface area contributed by atoms with E-state index >= 15 is 0 Å². The topological polar surface area (TPSA) is 107 Å². The monoisotopic (exact) mass is 476 g/mol. The van der Waals surface area contributed by atoms with Gasteiger partial charge in [-0.2, -0.15) is 0 Å². The number of thioether (sulfide) groups is 1. The van der Waals surface area contributed by atoms with Crippen LogP contribution in [0.4, 0.5) is 14.9 Å². The average molecular weight is 476 g/mol. The predicted molar refractivity (Wildman–Crippen MR) is 129 cm³/mol. The van der Waals surface area contributed by atoms with Gasteiger partial charge in [-0.1, -0.05) is 36.4 Å². The predicted octanol–water partition coefficient (Wildman–Crippen LogP) is 2.99. The standard InChI is InChI=1S/C24H18BFN2O5S/c26-19-9-3-16(4-10-19)14-28-23(30)21(34-24(28)31)13-15-1-5-17(6-2-15)22(29)27-20-11-7-18(8-12-20)25(32)33/h1-13,32-33H,14H2,(H,27,29)/b21-13-. The highest BCUT2D eigenvalue weighted by Crippen LogP contribution is 2.33. The normalized spacial score (nSPS) is 14.6. The summed E-state index contributed by atoms with van der Waals surface area (Å²) >= 11 is 0.824. The Balaban J connectivity index is 1.41. The molecule has 0 aliphatic carbocycles. The van der Waals surface area contributed by atoms with Crippen LogP contribution in [0.2, 0.25) is 0 Å². The Bertz CT molecular complexity index is 1260. The Hall–Kier alpha value is -3.73. The lowest BCUT2D eigenvalue weighted by Gasteiger charge is -2.12. The summed E-state index contributed by atoms with van der Waals surface area (Å²) in [6.07, 6.45) is 1.58. The molecule has 1 fully saturated rings. The number of carbonyl (C=O) groups is 3. The molecule has 0 unspecified atom stereocenters. The van der Waals surface area contributed by atoms with Gasteiger partial charge in [0.1, 0.15) is 5.82 Å². The van der Waals surface area contributed by atoms with Gasteiger partial charge in [0.2, 0.25) is 0 Å². The molecule has 0 radical (unpaired) electrons. The molecule has 3 N–H and O–H groups in total. The molecule has 3 aromatic rings. The molecule has 1 saturated heterocycles. The Morgan fingerprint density at radius 3 is 2.24 bits per heavy atom. The lowest BCUT2D eigenvalue weighted by Crippen LogP contribution is -2.29. The molecule has 1 aliphatic heterocycles. The van der Waals surface area contributed by atoms with Crippen LogP contribution < -0.4 is 10.8 Å². The Morgan fingerprint density at radius 1 is 0.971 bits per heavy atom. The van der Waals surface area contributed by atoms with Gasteiger partial charge in [-0.3, -0.25) is 19.3 Å². The summed E-state index contributed by atoms with van der Waals surface area (Å²) in [4.78, 5) is 38.8. The number of carbonyl (C=O) groups excluding carboxylic acids is 3. The smallest absolute Gasteiger partial charge is 0.423 e. The lowest BCUT2D eigenvalue weighted by molar-refractivity contribution is -0.123. The number of hydrogen-bond donors (Lipinski definition) is 3. The summed E-state index contributed by atoms with van der Waals surface area (Å²) in [6.45, 7) is 0.0552. The second kappa shape index (κ2) is 10.0. The van der Waals surface area contributed by atoms with E-state index in [1.54, 1.807) is 42.5 Å². The van der Waals surface area contributed by atoms with Crippen molar-refractivity contribution in [1.29, 1.82) is 0 Å². The first-order valence-electron chi connectivity index (χ1n) is 10.2. The third-order valence-corrected chi connectivity index (χ3v) is 5.97. The van der Waals surface area contributed by atoms with E-state index in [1.807, 2.05) is 0 Å². The van der Waals surface area contributed by atoms with Gasteiger partial charge in [-0.05, 0) is 70.8 Å². The second-order valence-corrected chi connectivity index (χ2v) is 8.46. The first-order chi connectivity index (χ1) is 16.3. The van der Waals surface area contributed by atoms with Crippen LogP contribution in [0.15, 0.2) is 77.7 Å². The second-order valence-electron chi connectivity index (χ2n) is 7.47. The molecule has 1 heterocycles. The van der Waals surface area contributed by atoms with Crippen LogP contribution in [0, 0.1) is 5.82 Å². The summed E-state index contributed by atoms with van der Waals surface area (Å²) < 4.78 is 13.1. The fourth-order valence-corrected chi connectivity index (χ4v) is 4.07. The van der Waals surface area contributed by atoms with Gasteiger partial charge < -0.3 is 15.4 Å². The van der Waals surface area contributed by atoms with Crippen molar-refractivity contribution >= 4 is 53.2 Å². The highest BCUT2D eigenvalue weighted by Gasteiger charge is 2.34. The number of hydrogen-bond acceptors (Lipinski definition) is 6. The number of benzene rings is 3. The van der Waals surface area contributed by atoms with Gasteiger partial charge in [0.25, 0.3) is 17.1 Å². The van der Waals surface area contributed by atoms with Crippen molar-refractivity contribution in [3.63, 3.8) is 0 Å². The molecule has 1 aliphatic rings. The first-order valence-corrected chi connectivity index (χ1v) is 11.0. The molecule has 170 valence electrons. The molecule has 0 saturated carbocycles. The number of anilines is 1. The third-order valence-electron chi connectivity index (χ3n) is 5.06. The van der Waals surface area contributed by atoms with E-state index in [-0.39, 0.29) is 17.4 Å². The van der Waals surface area contributed by atoms with Crippen molar-refractivity contribution < 1.29 is 28.8 Å². The van der Waals surface area contributed by atoms with Crippen molar-refractivity contribution in [3.05, 3.63) is 100 Å². The van der Waals surface area contributed by atoms with E-state index in [9.17, 15) is 18.8 Å². The highest BCUT2D eigenvalue weighted by atomic mass is 32.2. The van der Waals surface area contributed by atoms with Gasteiger partial charge in [0, 0.05) is 11.3 Å². The molecular weight excluding hydrogens is 458 g/mol. The number of halogens is 1. The van der Waals surface area contributed by atoms with E-state index in [1.165, 1.54) is 36.4 Å². The van der Waals surface area contributed by atoms with Crippen LogP contribution >= 0.6 is 11.8 Å². The zero-order chi connectivity index (χ0) is 24.2. The van der Waals surface area contributed by atoms with Crippen molar-refractivity contribution in [1.82, 2.24) is 4.90 Å². The van der Waals surface area contributed by atoms with Gasteiger partial charge in [0.05, 0.1) is 11.4 Å². The van der Waals surface area contributed by atoms with Crippen LogP contribution in [-0.2, 0) is 11.3 Å². The van der Waals surface area contributed by atoms with E-state index in [4.69, 9.17) is 10.0 Å². The molecule has 3 amide bonds. The van der Waals surface area contributed by atoms with Crippen LogP contribution in [0.3, 0.4) is 0 Å². The molecule has 4 rings (SSSR count). The molecule has 0 atom stereocenters. The number of rotatable bonds is 6. The molecule has 7 nitrogen and oxygen atoms in total. The SMILES string of the molecule is O=C(Nc1ccc(B(O)O)cc1)c1ccc(/C=C2\SC(=O)N(Cc3ccc(F)cc3)C2=O)cc1. The molecule has 34 heavy (non-hydrogen) atoms. The van der Waals surface area contributed by atoms with Gasteiger partial charge >= 0.3 is 7.12 Å². The van der Waals surface area contributed by atoms with E-state index < -0.39 is 24.1 Å². The minimum atomic E-state index is -1.58. The molecule has 0 aromatic heterocycles. The molecule has 0 bridgehead atoms. The van der Waals surface area contributed by atoms with E-state index in [2.05, 4.69) is 5.32 Å². The molecule has 0 spiro atoms. The minimum absolute atomic E-state index is 0.0552. The number of imide groups is 1. The fourth-order valence-electron chi connectivity index (χ4n) is 3.23. The lowest BCUT2D eigenvalue weighted by atomic mass is 9.80. The Morgan fingerprint density at radius 2 is 1.62 bits per heavy atom. The fraction of sp³-hybridized carbons (Fsp3) is 0.0417. The Kier molecular flexibility index (Phi) is 6.92. The first kappa shape index (κ1) is 23.4. The average Bonchev–Trinajstić information content (AvgIpc) is 3.08. The van der Waals surface area contributed by atoms with Crippen LogP contribution in [-0.4, -0.2) is 39.1 Å². The molecule has 10 heteroatoms. The zero-order valence-electron chi connectivity index (χ0n) is 17.6. The maximum Gasteiger partial charge on any atom is 0.488 e. The largest absolute Gasteiger partial charge is 0.488 e. The third kappa shape index (κ3) is 5.42. The molecule has 3 aromatic carbocycles. The van der Waals surface area contributed by atoms with Crippen LogP contribution in [0.25, 0.3) is 6.08 Å². The number of amides is 3. The summed E-state index contributed by atoms with van der Waals surface area (Å²) in [7, 11) is -1.58. The van der Waals surface area contributed by atoms with E-state index in [0.717, 1.165) is 16.7 Å². The maximum atomic E-state index is 13.1. The summed E-state index contributed by atoms with van der Waals surface area (Å²) in [5.41, 5.74) is 2.47. The summed E-state index contributed by atoms with van der Waals surface area (Å²) in [6, 6.07) is 18.2. The van der Waals surface area contributed by atoms with Crippen LogP contribution in [0.5, 0.6) is 0 Å². The quantitative estimate of drug-likeness (QED) is 0.373. The van der Waals surface area contributed by atoms with Crippen molar-refractivity contribution in [2.24, 2.45) is 0 Å². The Labute approximate surface area is 199 Å².